The molecule has 1 N–H and O–H groups in total. The van der Waals surface area contributed by atoms with E-state index in [0.29, 0.717) is 6.54 Å². The number of hydrogen-bond donors (Lipinski definition) is 1. The number of piperidine rings is 1. The van der Waals surface area contributed by atoms with Crippen molar-refractivity contribution in [3.63, 3.8) is 0 Å². The molecule has 2 atom stereocenters. The Morgan fingerprint density at radius 1 is 1.12 bits per heavy atom. The van der Waals surface area contributed by atoms with Crippen molar-refractivity contribution in [1.82, 2.24) is 9.80 Å². The highest BCUT2D eigenvalue weighted by atomic mass is 16.5. The summed E-state index contributed by atoms with van der Waals surface area (Å²) >= 11 is 0. The van der Waals surface area contributed by atoms with Crippen LogP contribution in [0.15, 0.2) is 18.2 Å². The molecule has 0 bridgehead atoms. The fraction of sp³-hybridized carbons (Fsp3) is 0.700. The number of aliphatic hydroxyl groups is 1. The first-order chi connectivity index (χ1) is 11.6. The molecule has 2 fully saturated rings. The van der Waals surface area contributed by atoms with Crippen LogP contribution >= 0.6 is 0 Å². The average Bonchev–Trinajstić information content (AvgIpc) is 2.56. The molecule has 0 spiro atoms. The topological polar surface area (TPSA) is 35.9 Å². The third-order valence-corrected chi connectivity index (χ3v) is 5.35. The minimum atomic E-state index is -0.417. The Balaban J connectivity index is 1.52. The smallest absolute Gasteiger partial charge is 0.0919 e. The summed E-state index contributed by atoms with van der Waals surface area (Å²) in [6.07, 6.45) is 3.88. The van der Waals surface area contributed by atoms with Crippen LogP contribution in [0.4, 0.5) is 0 Å². The van der Waals surface area contributed by atoms with Crippen LogP contribution in [0.2, 0.25) is 0 Å². The standard InChI is InChI=1S/C20H32N2O2/c1-16-6-7-19(17(2)12-16)20(23)15-22-10-11-24-18(14-22)13-21-8-4-3-5-9-21/h6-7,12,18,20,23H,3-5,8-11,13-15H2,1-2H3. The lowest BCUT2D eigenvalue weighted by Gasteiger charge is -2.37. The number of nitrogens with zero attached hydrogens (tertiary/aromatic N) is 2. The fourth-order valence-electron chi connectivity index (χ4n) is 4.03. The first-order valence-corrected chi connectivity index (χ1v) is 9.43. The second-order valence-corrected chi connectivity index (χ2v) is 7.49. The maximum absolute atomic E-state index is 10.7. The molecule has 0 saturated carbocycles. The number of aliphatic hydroxyl groups excluding tert-OH is 1. The predicted molar refractivity (Wildman–Crippen MR) is 97.3 cm³/mol. The molecule has 1 aromatic carbocycles. The highest BCUT2D eigenvalue weighted by molar-refractivity contribution is 5.32. The number of benzene rings is 1. The lowest BCUT2D eigenvalue weighted by atomic mass is 10.0. The highest BCUT2D eigenvalue weighted by Gasteiger charge is 2.25. The third kappa shape index (κ3) is 4.79. The van der Waals surface area contributed by atoms with Crippen molar-refractivity contribution in [2.24, 2.45) is 0 Å². The van der Waals surface area contributed by atoms with Crippen molar-refractivity contribution < 1.29 is 9.84 Å². The van der Waals surface area contributed by atoms with Crippen LogP contribution in [-0.2, 0) is 4.74 Å². The van der Waals surface area contributed by atoms with Gasteiger partial charge in [-0.1, -0.05) is 30.2 Å². The molecule has 0 radical (unpaired) electrons. The maximum Gasteiger partial charge on any atom is 0.0919 e. The number of β-amino-alcohol motifs (C(OH)–C–C–N with tert-alkyl or cyclic N) is 1. The van der Waals surface area contributed by atoms with E-state index in [2.05, 4.69) is 41.8 Å². The molecule has 134 valence electrons. The van der Waals surface area contributed by atoms with Gasteiger partial charge in [0.05, 0.1) is 18.8 Å². The molecular formula is C20H32N2O2. The van der Waals surface area contributed by atoms with Gasteiger partial charge in [-0.25, -0.2) is 0 Å². The Labute approximate surface area is 146 Å². The van der Waals surface area contributed by atoms with Gasteiger partial charge in [0.15, 0.2) is 0 Å². The van der Waals surface area contributed by atoms with Gasteiger partial charge in [-0.15, -0.1) is 0 Å². The number of likely N-dealkylation sites (tertiary alicyclic amines) is 1. The van der Waals surface area contributed by atoms with Crippen LogP contribution in [0.3, 0.4) is 0 Å². The van der Waals surface area contributed by atoms with E-state index in [1.54, 1.807) is 0 Å². The zero-order chi connectivity index (χ0) is 16.9. The quantitative estimate of drug-likeness (QED) is 0.899. The van der Waals surface area contributed by atoms with E-state index in [9.17, 15) is 5.11 Å². The molecule has 2 saturated heterocycles. The van der Waals surface area contributed by atoms with Crippen molar-refractivity contribution in [2.75, 3.05) is 45.9 Å². The monoisotopic (exact) mass is 332 g/mol. The molecule has 2 aliphatic heterocycles. The zero-order valence-corrected chi connectivity index (χ0v) is 15.2. The molecular weight excluding hydrogens is 300 g/mol. The maximum atomic E-state index is 10.7. The molecule has 4 nitrogen and oxygen atoms in total. The third-order valence-electron chi connectivity index (χ3n) is 5.35. The summed E-state index contributed by atoms with van der Waals surface area (Å²) in [5.74, 6) is 0. The summed E-state index contributed by atoms with van der Waals surface area (Å²) in [5.41, 5.74) is 3.48. The highest BCUT2D eigenvalue weighted by Crippen LogP contribution is 2.21. The van der Waals surface area contributed by atoms with Crippen LogP contribution in [0, 0.1) is 13.8 Å². The summed E-state index contributed by atoms with van der Waals surface area (Å²) in [6.45, 7) is 11.0. The first kappa shape index (κ1) is 17.9. The van der Waals surface area contributed by atoms with Crippen LogP contribution in [0.1, 0.15) is 42.1 Å². The Bertz CT molecular complexity index is 528. The Morgan fingerprint density at radius 2 is 1.92 bits per heavy atom. The molecule has 0 amide bonds. The van der Waals surface area contributed by atoms with E-state index in [-0.39, 0.29) is 6.10 Å². The van der Waals surface area contributed by atoms with Crippen molar-refractivity contribution in [3.8, 4) is 0 Å². The van der Waals surface area contributed by atoms with Crippen LogP contribution in [0.25, 0.3) is 0 Å². The normalized spacial score (nSPS) is 24.9. The van der Waals surface area contributed by atoms with E-state index in [4.69, 9.17) is 4.74 Å². The van der Waals surface area contributed by atoms with Gasteiger partial charge in [-0.2, -0.15) is 0 Å². The number of ether oxygens (including phenoxy) is 1. The summed E-state index contributed by atoms with van der Waals surface area (Å²) < 4.78 is 5.97. The van der Waals surface area contributed by atoms with Crippen molar-refractivity contribution in [3.05, 3.63) is 34.9 Å². The van der Waals surface area contributed by atoms with E-state index < -0.39 is 6.10 Å². The SMILES string of the molecule is Cc1ccc(C(O)CN2CCOC(CN3CCCCC3)C2)c(C)c1. The van der Waals surface area contributed by atoms with Gasteiger partial charge < -0.3 is 14.7 Å². The molecule has 2 unspecified atom stereocenters. The van der Waals surface area contributed by atoms with Gasteiger partial charge in [0.2, 0.25) is 0 Å². The van der Waals surface area contributed by atoms with E-state index in [1.807, 2.05) is 0 Å². The minimum Gasteiger partial charge on any atom is -0.387 e. The summed E-state index contributed by atoms with van der Waals surface area (Å²) in [7, 11) is 0. The number of rotatable bonds is 5. The summed E-state index contributed by atoms with van der Waals surface area (Å²) in [4.78, 5) is 4.90. The summed E-state index contributed by atoms with van der Waals surface area (Å²) in [6, 6.07) is 6.31. The molecule has 24 heavy (non-hydrogen) atoms. The van der Waals surface area contributed by atoms with Crippen LogP contribution < -0.4 is 0 Å². The molecule has 3 rings (SSSR count). The molecule has 0 aromatic heterocycles. The lowest BCUT2D eigenvalue weighted by molar-refractivity contribution is -0.0550. The molecule has 2 aliphatic rings. The first-order valence-electron chi connectivity index (χ1n) is 9.43. The Hall–Kier alpha value is -0.940. The largest absolute Gasteiger partial charge is 0.387 e. The van der Waals surface area contributed by atoms with Gasteiger partial charge in [-0.05, 0) is 50.9 Å². The summed E-state index contributed by atoms with van der Waals surface area (Å²) in [5, 5.41) is 10.7. The van der Waals surface area contributed by atoms with E-state index in [0.717, 1.165) is 31.8 Å². The Morgan fingerprint density at radius 3 is 2.67 bits per heavy atom. The second kappa shape index (κ2) is 8.43. The van der Waals surface area contributed by atoms with Gasteiger partial charge in [0, 0.05) is 26.2 Å². The van der Waals surface area contributed by atoms with E-state index >= 15 is 0 Å². The number of morpholine rings is 1. The molecule has 2 heterocycles. The van der Waals surface area contributed by atoms with Crippen LogP contribution in [-0.4, -0.2) is 66.9 Å². The minimum absolute atomic E-state index is 0.281. The van der Waals surface area contributed by atoms with Crippen LogP contribution in [0.5, 0.6) is 0 Å². The van der Waals surface area contributed by atoms with Crippen molar-refractivity contribution in [1.29, 1.82) is 0 Å². The molecule has 4 heteroatoms. The zero-order valence-electron chi connectivity index (χ0n) is 15.2. The number of aryl methyl sites for hydroxylation is 2. The Kier molecular flexibility index (Phi) is 6.28. The molecule has 0 aliphatic carbocycles. The van der Waals surface area contributed by atoms with Crippen molar-refractivity contribution >= 4 is 0 Å². The van der Waals surface area contributed by atoms with Gasteiger partial charge in [-0.3, -0.25) is 4.90 Å². The van der Waals surface area contributed by atoms with Gasteiger partial charge >= 0.3 is 0 Å². The van der Waals surface area contributed by atoms with E-state index in [1.165, 1.54) is 43.5 Å². The van der Waals surface area contributed by atoms with Gasteiger partial charge in [0.1, 0.15) is 0 Å². The lowest BCUT2D eigenvalue weighted by Crippen LogP contribution is -2.49. The molecule has 1 aromatic rings. The second-order valence-electron chi connectivity index (χ2n) is 7.49. The number of hydrogen-bond acceptors (Lipinski definition) is 4. The fourth-order valence-corrected chi connectivity index (χ4v) is 4.03. The van der Waals surface area contributed by atoms with Gasteiger partial charge in [0.25, 0.3) is 0 Å². The average molecular weight is 332 g/mol. The predicted octanol–water partition coefficient (Wildman–Crippen LogP) is 2.52. The van der Waals surface area contributed by atoms with Crippen molar-refractivity contribution in [2.45, 2.75) is 45.3 Å².